The molecule has 5 nitrogen and oxygen atoms in total. The third-order valence-corrected chi connectivity index (χ3v) is 4.00. The normalized spacial score (nSPS) is 12.0. The van der Waals surface area contributed by atoms with Crippen molar-refractivity contribution in [3.8, 4) is 11.6 Å². The first kappa shape index (κ1) is 15.8. The second kappa shape index (κ2) is 5.69. The number of ether oxygens (including phenoxy) is 1. The van der Waals surface area contributed by atoms with Gasteiger partial charge in [0.05, 0.1) is 0 Å². The minimum atomic E-state index is -4.61. The molecule has 25 heavy (non-hydrogen) atoms. The zero-order valence-electron chi connectivity index (χ0n) is 12.3. The Bertz CT molecular complexity index is 1090. The molecule has 0 atom stereocenters. The second-order valence-electron chi connectivity index (χ2n) is 5.20. The van der Waals surface area contributed by atoms with Crippen molar-refractivity contribution in [1.29, 1.82) is 0 Å². The van der Waals surface area contributed by atoms with E-state index < -0.39 is 11.9 Å². The van der Waals surface area contributed by atoms with Crippen LogP contribution in [0.3, 0.4) is 0 Å². The van der Waals surface area contributed by atoms with E-state index in [4.69, 9.17) is 4.74 Å². The van der Waals surface area contributed by atoms with Crippen LogP contribution >= 0.6 is 15.9 Å². The van der Waals surface area contributed by atoms with Crippen molar-refractivity contribution < 1.29 is 17.9 Å². The summed E-state index contributed by atoms with van der Waals surface area (Å²) in [4.78, 5) is 7.16. The van der Waals surface area contributed by atoms with Gasteiger partial charge in [-0.15, -0.1) is 0 Å². The van der Waals surface area contributed by atoms with Gasteiger partial charge in [0.1, 0.15) is 12.1 Å². The van der Waals surface area contributed by atoms with Gasteiger partial charge in [0.2, 0.25) is 5.88 Å². The van der Waals surface area contributed by atoms with Gasteiger partial charge in [-0.1, -0.05) is 28.1 Å². The summed E-state index contributed by atoms with van der Waals surface area (Å²) in [6, 6.07) is 11.7. The molecule has 0 aliphatic heterocycles. The number of aromatic nitrogens is 4. The summed E-state index contributed by atoms with van der Waals surface area (Å²) >= 11 is 3.39. The minimum absolute atomic E-state index is 0.119. The van der Waals surface area contributed by atoms with Crippen LogP contribution in [-0.2, 0) is 6.18 Å². The number of benzene rings is 2. The molecule has 2 aromatic carbocycles. The summed E-state index contributed by atoms with van der Waals surface area (Å²) in [6.45, 7) is 0. The SMILES string of the molecule is FC(F)(F)c1cc(Oc2ccc3cc(Br)ccc3c2)n2ncnc2n1. The zero-order chi connectivity index (χ0) is 17.6. The molecule has 0 unspecified atom stereocenters. The van der Waals surface area contributed by atoms with E-state index in [0.29, 0.717) is 5.75 Å². The molecule has 0 radical (unpaired) electrons. The topological polar surface area (TPSA) is 52.3 Å². The molecular formula is C16H8BrF3N4O. The molecule has 0 saturated heterocycles. The monoisotopic (exact) mass is 408 g/mol. The number of hydrogen-bond donors (Lipinski definition) is 0. The maximum Gasteiger partial charge on any atom is 0.433 e. The lowest BCUT2D eigenvalue weighted by Gasteiger charge is -2.11. The van der Waals surface area contributed by atoms with Crippen molar-refractivity contribution in [2.45, 2.75) is 6.18 Å². The van der Waals surface area contributed by atoms with Crippen molar-refractivity contribution in [3.63, 3.8) is 0 Å². The van der Waals surface area contributed by atoms with Crippen LogP contribution in [0.1, 0.15) is 5.69 Å². The largest absolute Gasteiger partial charge is 0.439 e. The Hall–Kier alpha value is -2.68. The summed E-state index contributed by atoms with van der Waals surface area (Å²) in [7, 11) is 0. The van der Waals surface area contributed by atoms with Crippen LogP contribution in [0.5, 0.6) is 11.6 Å². The van der Waals surface area contributed by atoms with E-state index in [0.717, 1.165) is 32.2 Å². The molecule has 0 spiro atoms. The van der Waals surface area contributed by atoms with Crippen molar-refractivity contribution >= 4 is 32.5 Å². The maximum absolute atomic E-state index is 13.0. The van der Waals surface area contributed by atoms with Crippen LogP contribution in [0.15, 0.2) is 53.3 Å². The van der Waals surface area contributed by atoms with Crippen LogP contribution in [0.2, 0.25) is 0 Å². The lowest BCUT2D eigenvalue weighted by molar-refractivity contribution is -0.141. The van der Waals surface area contributed by atoms with Gasteiger partial charge in [0.15, 0.2) is 5.69 Å². The second-order valence-corrected chi connectivity index (χ2v) is 6.12. The number of alkyl halides is 3. The van der Waals surface area contributed by atoms with Gasteiger partial charge >= 0.3 is 6.18 Å². The number of halogens is 4. The average molecular weight is 409 g/mol. The number of hydrogen-bond acceptors (Lipinski definition) is 4. The summed E-state index contributed by atoms with van der Waals surface area (Å²) in [5.41, 5.74) is -1.09. The Morgan fingerprint density at radius 1 is 1.00 bits per heavy atom. The van der Waals surface area contributed by atoms with Gasteiger partial charge in [0.25, 0.3) is 5.78 Å². The molecular weight excluding hydrogens is 401 g/mol. The molecule has 4 rings (SSSR count). The Morgan fingerprint density at radius 3 is 2.56 bits per heavy atom. The Kier molecular flexibility index (Phi) is 3.60. The van der Waals surface area contributed by atoms with Crippen LogP contribution in [-0.4, -0.2) is 19.6 Å². The predicted molar refractivity (Wildman–Crippen MR) is 87.5 cm³/mol. The fourth-order valence-electron chi connectivity index (χ4n) is 2.38. The van der Waals surface area contributed by atoms with Crippen molar-refractivity contribution in [2.75, 3.05) is 0 Å². The molecule has 2 aromatic heterocycles. The van der Waals surface area contributed by atoms with Crippen molar-refractivity contribution in [3.05, 3.63) is 59.0 Å². The molecule has 0 bridgehead atoms. The van der Waals surface area contributed by atoms with Gasteiger partial charge in [-0.2, -0.15) is 27.8 Å². The molecule has 0 fully saturated rings. The van der Waals surface area contributed by atoms with Crippen molar-refractivity contribution in [1.82, 2.24) is 19.6 Å². The molecule has 0 amide bonds. The fourth-order valence-corrected chi connectivity index (χ4v) is 2.76. The number of nitrogens with zero attached hydrogens (tertiary/aromatic N) is 4. The van der Waals surface area contributed by atoms with E-state index >= 15 is 0 Å². The first-order valence-corrected chi connectivity index (χ1v) is 7.85. The van der Waals surface area contributed by atoms with Crippen molar-refractivity contribution in [2.24, 2.45) is 0 Å². The molecule has 0 aliphatic rings. The van der Waals surface area contributed by atoms with Crippen LogP contribution in [0, 0.1) is 0 Å². The molecule has 2 heterocycles. The van der Waals surface area contributed by atoms with Gasteiger partial charge in [-0.05, 0) is 35.0 Å². The average Bonchev–Trinajstić information content (AvgIpc) is 3.03. The molecule has 0 saturated carbocycles. The van der Waals surface area contributed by atoms with E-state index in [1.54, 1.807) is 12.1 Å². The highest BCUT2D eigenvalue weighted by atomic mass is 79.9. The van der Waals surface area contributed by atoms with E-state index in [1.165, 1.54) is 0 Å². The number of fused-ring (bicyclic) bond motifs is 2. The highest BCUT2D eigenvalue weighted by Crippen LogP contribution is 2.32. The van der Waals surface area contributed by atoms with E-state index in [9.17, 15) is 13.2 Å². The highest BCUT2D eigenvalue weighted by molar-refractivity contribution is 9.10. The summed E-state index contributed by atoms with van der Waals surface area (Å²) < 4.78 is 46.7. The molecule has 9 heteroatoms. The molecule has 126 valence electrons. The van der Waals surface area contributed by atoms with Crippen LogP contribution < -0.4 is 4.74 Å². The summed E-state index contributed by atoms with van der Waals surface area (Å²) in [5.74, 6) is 0.0757. The Morgan fingerprint density at radius 2 is 1.76 bits per heavy atom. The van der Waals surface area contributed by atoms with Crippen LogP contribution in [0.25, 0.3) is 16.6 Å². The van der Waals surface area contributed by atoms with Gasteiger partial charge in [0, 0.05) is 10.5 Å². The molecule has 4 aromatic rings. The smallest absolute Gasteiger partial charge is 0.433 e. The van der Waals surface area contributed by atoms with Crippen LogP contribution in [0.4, 0.5) is 13.2 Å². The molecule has 0 aliphatic carbocycles. The van der Waals surface area contributed by atoms with E-state index in [-0.39, 0.29) is 11.7 Å². The third-order valence-electron chi connectivity index (χ3n) is 3.51. The lowest BCUT2D eigenvalue weighted by Crippen LogP contribution is -2.10. The summed E-state index contributed by atoms with van der Waals surface area (Å²) in [5, 5.41) is 5.72. The minimum Gasteiger partial charge on any atom is -0.439 e. The quantitative estimate of drug-likeness (QED) is 0.475. The molecule has 0 N–H and O–H groups in total. The third kappa shape index (κ3) is 3.02. The first-order valence-electron chi connectivity index (χ1n) is 7.05. The summed E-state index contributed by atoms with van der Waals surface area (Å²) in [6.07, 6.45) is -3.49. The van der Waals surface area contributed by atoms with Gasteiger partial charge in [-0.3, -0.25) is 0 Å². The lowest BCUT2D eigenvalue weighted by atomic mass is 10.1. The Balaban J connectivity index is 1.79. The van der Waals surface area contributed by atoms with Gasteiger partial charge in [-0.25, -0.2) is 4.98 Å². The van der Waals surface area contributed by atoms with Gasteiger partial charge < -0.3 is 4.74 Å². The zero-order valence-corrected chi connectivity index (χ0v) is 13.9. The van der Waals surface area contributed by atoms with E-state index in [1.807, 2.05) is 24.3 Å². The standard InChI is InChI=1S/C16H8BrF3N4O/c17-11-3-1-10-6-12(4-2-9(10)5-11)25-14-7-13(16(18,19)20)23-15-21-8-22-24(14)15/h1-8H. The maximum atomic E-state index is 13.0. The Labute approximate surface area is 147 Å². The fraction of sp³-hybridized carbons (Fsp3) is 0.0625. The first-order chi connectivity index (χ1) is 11.9. The predicted octanol–water partition coefficient (Wildman–Crippen LogP) is 4.85. The highest BCUT2D eigenvalue weighted by Gasteiger charge is 2.34. The van der Waals surface area contributed by atoms with E-state index in [2.05, 4.69) is 31.0 Å². The number of rotatable bonds is 2.